The number of carbonyl (C=O) groups is 1. The van der Waals surface area contributed by atoms with Gasteiger partial charge in [0, 0.05) is 16.3 Å². The molecule has 2 amide bonds. The van der Waals surface area contributed by atoms with Crippen molar-refractivity contribution in [1.29, 1.82) is 0 Å². The molecule has 6 nitrogen and oxygen atoms in total. The fraction of sp³-hybridized carbons (Fsp3) is 0.207. The predicted octanol–water partition coefficient (Wildman–Crippen LogP) is 7.33. The average molecular weight is 499 g/mol. The molecule has 0 aliphatic carbocycles. The van der Waals surface area contributed by atoms with Gasteiger partial charge in [-0.15, -0.1) is 0 Å². The lowest BCUT2D eigenvalue weighted by Gasteiger charge is -2.35. The Labute approximate surface area is 215 Å². The first-order valence-electron chi connectivity index (χ1n) is 11.8. The summed E-state index contributed by atoms with van der Waals surface area (Å²) in [6.45, 7) is 10.1. The third-order valence-electron chi connectivity index (χ3n) is 6.84. The second-order valence-electron chi connectivity index (χ2n) is 9.26. The van der Waals surface area contributed by atoms with E-state index >= 15 is 0 Å². The van der Waals surface area contributed by atoms with Gasteiger partial charge in [-0.2, -0.15) is 4.98 Å². The van der Waals surface area contributed by atoms with Crippen molar-refractivity contribution in [3.05, 3.63) is 105 Å². The van der Waals surface area contributed by atoms with E-state index in [-0.39, 0.29) is 6.03 Å². The van der Waals surface area contributed by atoms with Crippen LogP contribution in [-0.2, 0) is 0 Å². The first-order chi connectivity index (χ1) is 17.2. The lowest BCUT2D eigenvalue weighted by molar-refractivity contribution is 0.244. The minimum atomic E-state index is -0.452. The van der Waals surface area contributed by atoms with Crippen LogP contribution in [0, 0.1) is 27.7 Å². The Kier molecular flexibility index (Phi) is 6.14. The molecular weight excluding hydrogens is 472 g/mol. The van der Waals surface area contributed by atoms with Crippen LogP contribution in [0.2, 0.25) is 5.02 Å². The van der Waals surface area contributed by atoms with Crippen LogP contribution in [0.3, 0.4) is 0 Å². The molecule has 1 aliphatic rings. The van der Waals surface area contributed by atoms with Gasteiger partial charge < -0.3 is 9.84 Å². The van der Waals surface area contributed by atoms with Crippen molar-refractivity contribution >= 4 is 28.9 Å². The highest BCUT2D eigenvalue weighted by molar-refractivity contribution is 6.30. The Morgan fingerprint density at radius 1 is 0.889 bits per heavy atom. The van der Waals surface area contributed by atoms with Crippen LogP contribution >= 0.6 is 11.6 Å². The van der Waals surface area contributed by atoms with Gasteiger partial charge in [-0.3, -0.25) is 4.90 Å². The van der Waals surface area contributed by atoms with Crippen molar-refractivity contribution in [2.75, 3.05) is 4.90 Å². The van der Waals surface area contributed by atoms with Crippen molar-refractivity contribution in [1.82, 2.24) is 15.5 Å². The van der Waals surface area contributed by atoms with E-state index in [2.05, 4.69) is 43.4 Å². The van der Waals surface area contributed by atoms with Crippen LogP contribution in [-0.4, -0.2) is 16.2 Å². The molecule has 1 N–H and O–H groups in total. The molecule has 1 aromatic heterocycles. The van der Waals surface area contributed by atoms with E-state index in [1.54, 1.807) is 17.0 Å². The van der Waals surface area contributed by atoms with Gasteiger partial charge >= 0.3 is 6.03 Å². The van der Waals surface area contributed by atoms with Gasteiger partial charge in [0.15, 0.2) is 0 Å². The highest BCUT2D eigenvalue weighted by Crippen LogP contribution is 2.40. The molecule has 36 heavy (non-hydrogen) atoms. The third-order valence-corrected chi connectivity index (χ3v) is 7.07. The SMILES string of the molecule is CC1=C(c2nc(-c3cccc(Cl)c3)no2)C(c2ccc(C)c(C)c2)NC(=O)N1c1ccc(C)c(C)c1. The minimum Gasteiger partial charge on any atom is -0.334 e. The van der Waals surface area contributed by atoms with Crippen molar-refractivity contribution in [2.24, 2.45) is 0 Å². The number of anilines is 1. The molecular formula is C29H27ClN4O2. The average Bonchev–Trinajstić information content (AvgIpc) is 3.32. The van der Waals surface area contributed by atoms with E-state index < -0.39 is 6.04 Å². The van der Waals surface area contributed by atoms with Gasteiger partial charge in [-0.05, 0) is 86.7 Å². The van der Waals surface area contributed by atoms with Crippen LogP contribution in [0.4, 0.5) is 10.5 Å². The number of urea groups is 1. The fourth-order valence-corrected chi connectivity index (χ4v) is 4.66. The van der Waals surface area contributed by atoms with Crippen LogP contribution in [0.25, 0.3) is 17.0 Å². The maximum atomic E-state index is 13.5. The lowest BCUT2D eigenvalue weighted by Crippen LogP contribution is -2.46. The summed E-state index contributed by atoms with van der Waals surface area (Å²) in [7, 11) is 0. The Morgan fingerprint density at radius 2 is 1.61 bits per heavy atom. The van der Waals surface area contributed by atoms with E-state index in [0.717, 1.165) is 44.8 Å². The molecule has 5 rings (SSSR count). The normalized spacial score (nSPS) is 15.9. The molecule has 0 spiro atoms. The number of nitrogens with one attached hydrogen (secondary N) is 1. The number of rotatable bonds is 4. The number of benzene rings is 3. The molecule has 182 valence electrons. The smallest absolute Gasteiger partial charge is 0.326 e. The van der Waals surface area contributed by atoms with Crippen molar-refractivity contribution in [3.63, 3.8) is 0 Å². The largest absolute Gasteiger partial charge is 0.334 e. The maximum absolute atomic E-state index is 13.5. The van der Waals surface area contributed by atoms with Crippen molar-refractivity contribution in [3.8, 4) is 11.4 Å². The summed E-state index contributed by atoms with van der Waals surface area (Å²) < 4.78 is 5.80. The number of halogens is 1. The molecule has 0 saturated heterocycles. The van der Waals surface area contributed by atoms with Gasteiger partial charge in [0.05, 0.1) is 17.3 Å². The van der Waals surface area contributed by atoms with Gasteiger partial charge in [0.1, 0.15) is 0 Å². The Bertz CT molecular complexity index is 1520. The van der Waals surface area contributed by atoms with E-state index in [9.17, 15) is 4.79 Å². The second kappa shape index (κ2) is 9.28. The maximum Gasteiger partial charge on any atom is 0.326 e. The van der Waals surface area contributed by atoms with Crippen LogP contribution in [0.5, 0.6) is 0 Å². The highest BCUT2D eigenvalue weighted by Gasteiger charge is 2.36. The zero-order chi connectivity index (χ0) is 25.6. The topological polar surface area (TPSA) is 71.3 Å². The zero-order valence-electron chi connectivity index (χ0n) is 20.9. The van der Waals surface area contributed by atoms with Crippen LogP contribution in [0.15, 0.2) is 70.9 Å². The molecule has 0 radical (unpaired) electrons. The summed E-state index contributed by atoms with van der Waals surface area (Å²) in [6.07, 6.45) is 0. The van der Waals surface area contributed by atoms with Gasteiger partial charge in [-0.25, -0.2) is 4.79 Å². The van der Waals surface area contributed by atoms with Gasteiger partial charge in [0.25, 0.3) is 5.89 Å². The van der Waals surface area contributed by atoms with Crippen LogP contribution in [0.1, 0.15) is 46.7 Å². The molecule has 0 saturated carbocycles. The molecule has 1 aliphatic heterocycles. The number of hydrogen-bond acceptors (Lipinski definition) is 4. The fourth-order valence-electron chi connectivity index (χ4n) is 4.47. The molecule has 7 heteroatoms. The number of nitrogens with zero attached hydrogens (tertiary/aromatic N) is 3. The second-order valence-corrected chi connectivity index (χ2v) is 9.70. The lowest BCUT2D eigenvalue weighted by atomic mass is 9.92. The van der Waals surface area contributed by atoms with E-state index in [1.165, 1.54) is 5.56 Å². The summed E-state index contributed by atoms with van der Waals surface area (Å²) >= 11 is 6.18. The predicted molar refractivity (Wildman–Crippen MR) is 143 cm³/mol. The monoisotopic (exact) mass is 498 g/mol. The van der Waals surface area contributed by atoms with E-state index in [1.807, 2.05) is 50.2 Å². The Hall–Kier alpha value is -3.90. The Morgan fingerprint density at radius 3 is 2.31 bits per heavy atom. The molecule has 2 heterocycles. The summed E-state index contributed by atoms with van der Waals surface area (Å²) in [6, 6.07) is 18.8. The molecule has 0 fully saturated rings. The molecule has 0 bridgehead atoms. The number of carbonyl (C=O) groups excluding carboxylic acids is 1. The van der Waals surface area contributed by atoms with Gasteiger partial charge in [-0.1, -0.05) is 53.2 Å². The Balaban J connectivity index is 1.68. The zero-order valence-corrected chi connectivity index (χ0v) is 21.6. The number of allylic oxidation sites excluding steroid dienone is 1. The number of aromatic nitrogens is 2. The van der Waals surface area contributed by atoms with Gasteiger partial charge in [0.2, 0.25) is 5.82 Å². The molecule has 4 aromatic rings. The van der Waals surface area contributed by atoms with E-state index in [0.29, 0.717) is 16.7 Å². The summed E-state index contributed by atoms with van der Waals surface area (Å²) in [4.78, 5) is 19.9. The standard InChI is InChI=1S/C29H27ClN4O2/c1-16-9-11-21(13-18(16)3)26-25(28-32-27(33-36-28)22-7-6-8-23(30)15-22)20(5)34(29(35)31-26)24-12-10-17(2)19(4)14-24/h6-15,26H,1-5H3,(H,31,35). The van der Waals surface area contributed by atoms with Crippen molar-refractivity contribution < 1.29 is 9.32 Å². The summed E-state index contributed by atoms with van der Waals surface area (Å²) in [5.41, 5.74) is 8.54. The quantitative estimate of drug-likeness (QED) is 0.320. The third kappa shape index (κ3) is 4.29. The van der Waals surface area contributed by atoms with Crippen molar-refractivity contribution in [2.45, 2.75) is 40.7 Å². The molecule has 3 aromatic carbocycles. The summed E-state index contributed by atoms with van der Waals surface area (Å²) in [5.74, 6) is 0.779. The number of aryl methyl sites for hydroxylation is 4. The molecule has 1 atom stereocenters. The van der Waals surface area contributed by atoms with Crippen LogP contribution < -0.4 is 10.2 Å². The first-order valence-corrected chi connectivity index (χ1v) is 12.2. The number of amides is 2. The summed E-state index contributed by atoms with van der Waals surface area (Å²) in [5, 5.41) is 8.00. The van der Waals surface area contributed by atoms with E-state index in [4.69, 9.17) is 21.1 Å². The minimum absolute atomic E-state index is 0.211. The molecule has 1 unspecified atom stereocenters. The number of hydrogen-bond donors (Lipinski definition) is 1. The first kappa shape index (κ1) is 23.8. The highest BCUT2D eigenvalue weighted by atomic mass is 35.5.